The van der Waals surface area contributed by atoms with Gasteiger partial charge in [0.15, 0.2) is 0 Å². The van der Waals surface area contributed by atoms with Crippen molar-refractivity contribution >= 4 is 5.97 Å². The van der Waals surface area contributed by atoms with Crippen molar-refractivity contribution in [2.24, 2.45) is 0 Å². The summed E-state index contributed by atoms with van der Waals surface area (Å²) in [5, 5.41) is 9.65. The first-order valence-electron chi connectivity index (χ1n) is 6.09. The summed E-state index contributed by atoms with van der Waals surface area (Å²) < 4.78 is 4.76. The van der Waals surface area contributed by atoms with Gasteiger partial charge < -0.3 is 9.84 Å². The zero-order valence-electron chi connectivity index (χ0n) is 10.5. The van der Waals surface area contributed by atoms with Crippen LogP contribution in [-0.4, -0.2) is 53.3 Å². The van der Waals surface area contributed by atoms with E-state index < -0.39 is 6.10 Å². The highest BCUT2D eigenvalue weighted by Gasteiger charge is 2.36. The zero-order chi connectivity index (χ0) is 13.0. The van der Waals surface area contributed by atoms with Crippen molar-refractivity contribution in [2.45, 2.75) is 25.0 Å². The Morgan fingerprint density at radius 3 is 3.17 bits per heavy atom. The van der Waals surface area contributed by atoms with Crippen molar-refractivity contribution in [3.8, 4) is 0 Å². The summed E-state index contributed by atoms with van der Waals surface area (Å²) >= 11 is 0. The van der Waals surface area contributed by atoms with Gasteiger partial charge in [-0.15, -0.1) is 0 Å². The van der Waals surface area contributed by atoms with Gasteiger partial charge in [-0.05, 0) is 18.1 Å². The van der Waals surface area contributed by atoms with E-state index in [1.807, 2.05) is 23.2 Å². The van der Waals surface area contributed by atoms with Crippen LogP contribution in [-0.2, 0) is 16.0 Å². The number of esters is 1. The largest absolute Gasteiger partial charge is 0.468 e. The van der Waals surface area contributed by atoms with E-state index in [-0.39, 0.29) is 12.0 Å². The van der Waals surface area contributed by atoms with Gasteiger partial charge in [0.25, 0.3) is 0 Å². The maximum atomic E-state index is 11.6. The Hall–Kier alpha value is -1.46. The van der Waals surface area contributed by atoms with Crippen LogP contribution in [0.3, 0.4) is 0 Å². The van der Waals surface area contributed by atoms with Crippen LogP contribution >= 0.6 is 0 Å². The SMILES string of the molecule is COC(=O)C1CC(O)CN1CCc1cccnc1. The zero-order valence-corrected chi connectivity index (χ0v) is 10.5. The number of pyridine rings is 1. The lowest BCUT2D eigenvalue weighted by Crippen LogP contribution is -2.38. The van der Waals surface area contributed by atoms with Gasteiger partial charge in [0, 0.05) is 31.9 Å². The fraction of sp³-hybridized carbons (Fsp3) is 0.538. The van der Waals surface area contributed by atoms with E-state index in [1.165, 1.54) is 7.11 Å². The van der Waals surface area contributed by atoms with Crippen molar-refractivity contribution in [2.75, 3.05) is 20.2 Å². The molecule has 1 aliphatic rings. The molecule has 2 heterocycles. The Balaban J connectivity index is 1.93. The predicted octanol–water partition coefficient (Wildman–Crippen LogP) is 0.232. The molecule has 1 aliphatic heterocycles. The topological polar surface area (TPSA) is 62.7 Å². The Kier molecular flexibility index (Phi) is 4.28. The molecule has 2 unspecified atom stereocenters. The van der Waals surface area contributed by atoms with Crippen molar-refractivity contribution in [1.29, 1.82) is 0 Å². The van der Waals surface area contributed by atoms with E-state index in [0.29, 0.717) is 13.0 Å². The molecular formula is C13H18N2O3. The average Bonchev–Trinajstić information content (AvgIpc) is 2.78. The lowest BCUT2D eigenvalue weighted by Gasteiger charge is -2.21. The summed E-state index contributed by atoms with van der Waals surface area (Å²) in [5.74, 6) is -0.266. The number of aliphatic hydroxyl groups is 1. The van der Waals surface area contributed by atoms with E-state index in [2.05, 4.69) is 4.98 Å². The molecule has 0 saturated carbocycles. The number of hydrogen-bond acceptors (Lipinski definition) is 5. The minimum absolute atomic E-state index is 0.266. The molecule has 5 heteroatoms. The molecular weight excluding hydrogens is 232 g/mol. The van der Waals surface area contributed by atoms with Gasteiger partial charge in [0.2, 0.25) is 0 Å². The molecule has 0 aromatic carbocycles. The molecule has 2 atom stereocenters. The van der Waals surface area contributed by atoms with Gasteiger partial charge in [-0.25, -0.2) is 0 Å². The Morgan fingerprint density at radius 2 is 2.50 bits per heavy atom. The Morgan fingerprint density at radius 1 is 1.67 bits per heavy atom. The number of aromatic nitrogens is 1. The molecule has 98 valence electrons. The first kappa shape index (κ1) is 13.0. The highest BCUT2D eigenvalue weighted by molar-refractivity contribution is 5.76. The average molecular weight is 250 g/mol. The number of carbonyl (C=O) groups is 1. The third-order valence-corrected chi connectivity index (χ3v) is 3.27. The van der Waals surface area contributed by atoms with Gasteiger partial charge in [-0.3, -0.25) is 14.7 Å². The van der Waals surface area contributed by atoms with Crippen LogP contribution in [0.15, 0.2) is 24.5 Å². The number of methoxy groups -OCH3 is 1. The molecule has 0 amide bonds. The number of β-amino-alcohol motifs (C(OH)–C–C–N with tert-alkyl or cyclic N) is 1. The first-order chi connectivity index (χ1) is 8.70. The second kappa shape index (κ2) is 5.93. The summed E-state index contributed by atoms with van der Waals surface area (Å²) in [7, 11) is 1.38. The number of rotatable bonds is 4. The first-order valence-corrected chi connectivity index (χ1v) is 6.09. The van der Waals surface area contributed by atoms with Gasteiger partial charge in [0.05, 0.1) is 13.2 Å². The molecule has 1 aromatic rings. The quantitative estimate of drug-likeness (QED) is 0.775. The highest BCUT2D eigenvalue weighted by atomic mass is 16.5. The second-order valence-electron chi connectivity index (χ2n) is 4.53. The molecule has 0 aliphatic carbocycles. The summed E-state index contributed by atoms with van der Waals surface area (Å²) in [6.07, 6.45) is 4.39. The third-order valence-electron chi connectivity index (χ3n) is 3.27. The molecule has 1 N–H and O–H groups in total. The van der Waals surface area contributed by atoms with Crippen LogP contribution in [0, 0.1) is 0 Å². The van der Waals surface area contributed by atoms with E-state index in [9.17, 15) is 9.90 Å². The van der Waals surface area contributed by atoms with Crippen LogP contribution in [0.5, 0.6) is 0 Å². The number of likely N-dealkylation sites (tertiary alicyclic amines) is 1. The number of aliphatic hydroxyl groups excluding tert-OH is 1. The van der Waals surface area contributed by atoms with E-state index in [0.717, 1.165) is 18.5 Å². The molecule has 18 heavy (non-hydrogen) atoms. The molecule has 1 aromatic heterocycles. The minimum atomic E-state index is -0.442. The standard InChI is InChI=1S/C13H18N2O3/c1-18-13(17)12-7-11(16)9-15(12)6-4-10-3-2-5-14-8-10/h2-3,5,8,11-12,16H,4,6-7,9H2,1H3. The monoisotopic (exact) mass is 250 g/mol. The van der Waals surface area contributed by atoms with Crippen LogP contribution in [0.1, 0.15) is 12.0 Å². The summed E-state index contributed by atoms with van der Waals surface area (Å²) in [5.41, 5.74) is 1.13. The predicted molar refractivity (Wildman–Crippen MR) is 65.9 cm³/mol. The third kappa shape index (κ3) is 3.05. The number of carbonyl (C=O) groups excluding carboxylic acids is 1. The van der Waals surface area contributed by atoms with Crippen molar-refractivity contribution in [3.63, 3.8) is 0 Å². The lowest BCUT2D eigenvalue weighted by molar-refractivity contribution is -0.145. The van der Waals surface area contributed by atoms with E-state index >= 15 is 0 Å². The van der Waals surface area contributed by atoms with Crippen LogP contribution in [0.4, 0.5) is 0 Å². The molecule has 1 fully saturated rings. The van der Waals surface area contributed by atoms with Crippen molar-refractivity contribution < 1.29 is 14.6 Å². The van der Waals surface area contributed by atoms with Gasteiger partial charge >= 0.3 is 5.97 Å². The van der Waals surface area contributed by atoms with Gasteiger partial charge in [-0.1, -0.05) is 6.07 Å². The Labute approximate surface area is 106 Å². The molecule has 0 bridgehead atoms. The summed E-state index contributed by atoms with van der Waals surface area (Å²) in [6, 6.07) is 3.58. The number of hydrogen-bond donors (Lipinski definition) is 1. The molecule has 5 nitrogen and oxygen atoms in total. The summed E-state index contributed by atoms with van der Waals surface area (Å²) in [6.45, 7) is 1.25. The molecule has 0 spiro atoms. The summed E-state index contributed by atoms with van der Waals surface area (Å²) in [4.78, 5) is 17.6. The lowest BCUT2D eigenvalue weighted by atomic mass is 10.2. The second-order valence-corrected chi connectivity index (χ2v) is 4.53. The number of nitrogens with zero attached hydrogens (tertiary/aromatic N) is 2. The minimum Gasteiger partial charge on any atom is -0.468 e. The number of ether oxygens (including phenoxy) is 1. The Bertz CT molecular complexity index is 396. The maximum absolute atomic E-state index is 11.6. The van der Waals surface area contributed by atoms with Crippen LogP contribution < -0.4 is 0 Å². The molecule has 2 rings (SSSR count). The molecule has 0 radical (unpaired) electrons. The van der Waals surface area contributed by atoms with E-state index in [1.54, 1.807) is 6.20 Å². The fourth-order valence-electron chi connectivity index (χ4n) is 2.33. The smallest absolute Gasteiger partial charge is 0.323 e. The van der Waals surface area contributed by atoms with Gasteiger partial charge in [-0.2, -0.15) is 0 Å². The maximum Gasteiger partial charge on any atom is 0.323 e. The normalized spacial score (nSPS) is 24.1. The van der Waals surface area contributed by atoms with Crippen LogP contribution in [0.2, 0.25) is 0 Å². The van der Waals surface area contributed by atoms with Gasteiger partial charge in [0.1, 0.15) is 6.04 Å². The van der Waals surface area contributed by atoms with Crippen molar-refractivity contribution in [1.82, 2.24) is 9.88 Å². The van der Waals surface area contributed by atoms with Crippen LogP contribution in [0.25, 0.3) is 0 Å². The fourth-order valence-corrected chi connectivity index (χ4v) is 2.33. The van der Waals surface area contributed by atoms with Crippen molar-refractivity contribution in [3.05, 3.63) is 30.1 Å². The highest BCUT2D eigenvalue weighted by Crippen LogP contribution is 2.19. The molecule has 1 saturated heterocycles. The van der Waals surface area contributed by atoms with E-state index in [4.69, 9.17) is 4.74 Å².